The molecular formula is C22H42O6Si. The molecular weight excluding hydrogens is 388 g/mol. The molecule has 2 saturated heterocycles. The fraction of sp³-hybridized carbons (Fsp3) is 1.00. The van der Waals surface area contributed by atoms with Gasteiger partial charge in [-0.15, -0.1) is 0 Å². The molecule has 170 valence electrons. The van der Waals surface area contributed by atoms with Crippen molar-refractivity contribution in [3.8, 4) is 0 Å². The molecule has 0 aromatic heterocycles. The molecule has 6 atom stereocenters. The van der Waals surface area contributed by atoms with Crippen LogP contribution in [0.1, 0.15) is 67.7 Å². The maximum atomic E-state index is 10.9. The van der Waals surface area contributed by atoms with Crippen molar-refractivity contribution in [2.24, 2.45) is 5.92 Å². The molecule has 1 aliphatic carbocycles. The smallest absolute Gasteiger partial charge is 0.188 e. The minimum absolute atomic E-state index is 0.0634. The van der Waals surface area contributed by atoms with Crippen LogP contribution in [0.5, 0.6) is 0 Å². The van der Waals surface area contributed by atoms with Crippen molar-refractivity contribution in [2.75, 3.05) is 6.61 Å². The van der Waals surface area contributed by atoms with Crippen LogP contribution in [-0.4, -0.2) is 61.8 Å². The van der Waals surface area contributed by atoms with Crippen LogP contribution < -0.4 is 0 Å². The first-order valence-electron chi connectivity index (χ1n) is 11.2. The fourth-order valence-corrected chi connectivity index (χ4v) is 5.54. The van der Waals surface area contributed by atoms with Gasteiger partial charge in [-0.05, 0) is 58.7 Å². The van der Waals surface area contributed by atoms with Crippen molar-refractivity contribution in [3.63, 3.8) is 0 Å². The van der Waals surface area contributed by atoms with Gasteiger partial charge < -0.3 is 28.5 Å². The molecule has 0 amide bonds. The number of fused-ring (bicyclic) bond motifs is 2. The van der Waals surface area contributed by atoms with E-state index >= 15 is 0 Å². The van der Waals surface area contributed by atoms with Crippen LogP contribution in [0.2, 0.25) is 18.1 Å². The summed E-state index contributed by atoms with van der Waals surface area (Å²) in [6, 6.07) is 0. The Morgan fingerprint density at radius 1 is 0.897 bits per heavy atom. The van der Waals surface area contributed by atoms with Crippen molar-refractivity contribution < 1.29 is 28.5 Å². The zero-order chi connectivity index (χ0) is 21.8. The summed E-state index contributed by atoms with van der Waals surface area (Å²) in [4.78, 5) is 10.9. The first-order valence-corrected chi connectivity index (χ1v) is 14.2. The fourth-order valence-electron chi connectivity index (χ4n) is 4.80. The van der Waals surface area contributed by atoms with Gasteiger partial charge in [0.25, 0.3) is 0 Å². The van der Waals surface area contributed by atoms with Gasteiger partial charge in [-0.2, -0.15) is 0 Å². The van der Waals surface area contributed by atoms with Crippen LogP contribution in [0, 0.1) is 5.92 Å². The summed E-state index contributed by atoms with van der Waals surface area (Å²) in [5, 5.41) is -0.200. The molecule has 3 rings (SSSR count). The predicted octanol–water partition coefficient (Wildman–Crippen LogP) is 4.21. The normalized spacial score (nSPS) is 38.7. The van der Waals surface area contributed by atoms with Gasteiger partial charge in [-0.3, -0.25) is 0 Å². The largest absolute Gasteiger partial charge is 0.432 e. The number of rotatable bonds is 7. The summed E-state index contributed by atoms with van der Waals surface area (Å²) >= 11 is 0. The van der Waals surface area contributed by atoms with Gasteiger partial charge in [0.1, 0.15) is 18.3 Å². The molecule has 2 aliphatic heterocycles. The Morgan fingerprint density at radius 3 is 1.76 bits per heavy atom. The highest BCUT2D eigenvalue weighted by Gasteiger charge is 2.64. The van der Waals surface area contributed by atoms with E-state index in [1.807, 2.05) is 40.8 Å². The third-order valence-electron chi connectivity index (χ3n) is 7.03. The number of hydrogen-bond donors (Lipinski definition) is 1. The monoisotopic (exact) mass is 430 g/mol. The van der Waals surface area contributed by atoms with E-state index in [4.69, 9.17) is 23.7 Å². The summed E-state index contributed by atoms with van der Waals surface area (Å²) in [6.45, 7) is 19.0. The molecule has 0 spiro atoms. The Kier molecular flexibility index (Phi) is 6.39. The average molecular weight is 431 g/mol. The highest BCUT2D eigenvalue weighted by atomic mass is 28.4. The van der Waals surface area contributed by atoms with Crippen LogP contribution in [0.4, 0.5) is 0 Å². The molecule has 0 aromatic rings. The molecule has 0 bridgehead atoms. The molecule has 1 saturated carbocycles. The minimum Gasteiger partial charge on any atom is -0.432 e. The summed E-state index contributed by atoms with van der Waals surface area (Å²) in [5.41, 5.74) is 0. The zero-order valence-electron chi connectivity index (χ0n) is 19.8. The Hall–Kier alpha value is -0.0231. The average Bonchev–Trinajstić information content (AvgIpc) is 3.04. The Morgan fingerprint density at radius 2 is 1.34 bits per heavy atom. The first kappa shape index (κ1) is 23.6. The van der Waals surface area contributed by atoms with Crippen molar-refractivity contribution in [3.05, 3.63) is 0 Å². The zero-order valence-corrected chi connectivity index (χ0v) is 20.8. The second kappa shape index (κ2) is 7.83. The molecule has 3 aliphatic rings. The number of hydrogen-bond acceptors (Lipinski definition) is 6. The molecule has 0 aromatic carbocycles. The maximum absolute atomic E-state index is 10.9. The molecule has 6 nitrogen and oxygen atoms in total. The van der Waals surface area contributed by atoms with E-state index in [0.29, 0.717) is 6.61 Å². The number of unbranched alkanes of at least 4 members (excludes halogenated alkanes) is 1. The van der Waals surface area contributed by atoms with Gasteiger partial charge in [-0.1, -0.05) is 27.2 Å². The van der Waals surface area contributed by atoms with Crippen LogP contribution in [0.3, 0.4) is 0 Å². The molecule has 1 N–H and O–H groups in total. The number of ether oxygens (including phenoxy) is 5. The van der Waals surface area contributed by atoms with E-state index < -0.39 is 19.9 Å². The van der Waals surface area contributed by atoms with E-state index in [1.54, 1.807) is 0 Å². The highest BCUT2D eigenvalue weighted by molar-refractivity contribution is 6.72. The van der Waals surface area contributed by atoms with Crippen LogP contribution in [-0.2, 0) is 23.7 Å². The van der Waals surface area contributed by atoms with E-state index in [0.717, 1.165) is 19.3 Å². The molecule has 7 heteroatoms. The molecule has 0 radical (unpaired) electrons. The second-order valence-corrected chi connectivity index (χ2v) is 15.6. The molecule has 2 heterocycles. The quantitative estimate of drug-likeness (QED) is 0.482. The van der Waals surface area contributed by atoms with Gasteiger partial charge in [0.15, 0.2) is 19.9 Å². The van der Waals surface area contributed by atoms with Crippen LogP contribution in [0.25, 0.3) is 0 Å². The molecule has 29 heavy (non-hydrogen) atoms. The van der Waals surface area contributed by atoms with Gasteiger partial charge in [0.05, 0.1) is 12.2 Å². The van der Waals surface area contributed by atoms with Gasteiger partial charge >= 0.3 is 0 Å². The topological polar surface area (TPSA) is 66.4 Å². The summed E-state index contributed by atoms with van der Waals surface area (Å²) in [6.07, 6.45) is 1.95. The maximum Gasteiger partial charge on any atom is 0.188 e. The van der Waals surface area contributed by atoms with Gasteiger partial charge in [0, 0.05) is 12.5 Å². The lowest BCUT2D eigenvalue weighted by Crippen LogP contribution is -2.60. The lowest BCUT2D eigenvalue weighted by Gasteiger charge is -2.47. The van der Waals surface area contributed by atoms with E-state index in [9.17, 15) is 4.80 Å². The molecule has 3 fully saturated rings. The van der Waals surface area contributed by atoms with Crippen LogP contribution in [0.15, 0.2) is 0 Å². The predicted molar refractivity (Wildman–Crippen MR) is 114 cm³/mol. The third kappa shape index (κ3) is 4.76. The summed E-state index contributed by atoms with van der Waals surface area (Å²) in [5.74, 6) is -1.29. The summed E-state index contributed by atoms with van der Waals surface area (Å²) < 4.78 is 31.9. The van der Waals surface area contributed by atoms with Crippen molar-refractivity contribution in [1.82, 2.24) is 0 Å². The third-order valence-corrected chi connectivity index (χ3v) is 10.5. The highest BCUT2D eigenvalue weighted by Crippen LogP contribution is 2.53. The van der Waals surface area contributed by atoms with Crippen molar-refractivity contribution >= 4 is 8.32 Å². The SMILES string of the molecule is CCCCOC1[C@H]2OC(C)(C)O[C@H]2C(CC(C)(C)[Si](C)(C)O)[C@@H]2OC(C)(C)O[C@@H]12. The first-order chi connectivity index (χ1) is 13.2. The Bertz CT molecular complexity index is 552. The van der Waals surface area contributed by atoms with E-state index in [-0.39, 0.29) is 41.5 Å². The van der Waals surface area contributed by atoms with Crippen molar-refractivity contribution in [2.45, 2.75) is 128 Å². The minimum atomic E-state index is -2.40. The van der Waals surface area contributed by atoms with Crippen molar-refractivity contribution in [1.29, 1.82) is 0 Å². The van der Waals surface area contributed by atoms with Gasteiger partial charge in [0.2, 0.25) is 0 Å². The summed E-state index contributed by atoms with van der Waals surface area (Å²) in [7, 11) is -2.40. The molecule has 2 unspecified atom stereocenters. The van der Waals surface area contributed by atoms with E-state index in [1.165, 1.54) is 0 Å². The Labute approximate surface area is 177 Å². The Balaban J connectivity index is 1.94. The standard InChI is InChI=1S/C22H42O6Si/c1-10-11-12-24-17-18-15(25-21(4,5)27-18)14(13-20(2,3)29(8,9)23)16-19(17)28-22(6,7)26-16/h14-19,23H,10-13H2,1-9H3/t14?,15-,16-,17?,18-,19+/m0/s1. The van der Waals surface area contributed by atoms with E-state index in [2.05, 4.69) is 20.8 Å². The van der Waals surface area contributed by atoms with Gasteiger partial charge in [-0.25, -0.2) is 0 Å². The second-order valence-electron chi connectivity index (χ2n) is 11.1. The lowest BCUT2D eigenvalue weighted by atomic mass is 9.74. The van der Waals surface area contributed by atoms with Crippen LogP contribution >= 0.6 is 0 Å². The lowest BCUT2D eigenvalue weighted by molar-refractivity contribution is -0.188.